The summed E-state index contributed by atoms with van der Waals surface area (Å²) in [6, 6.07) is 9.88. The third kappa shape index (κ3) is 2.40. The molecule has 0 saturated carbocycles. The summed E-state index contributed by atoms with van der Waals surface area (Å²) >= 11 is 0. The van der Waals surface area contributed by atoms with Crippen molar-refractivity contribution in [2.75, 3.05) is 7.11 Å². The Morgan fingerprint density at radius 3 is 2.67 bits per heavy atom. The SMILES string of the molecule is COc1ccc(Cn2cc(C=O)c3nccc(C)c32)cc1. The minimum absolute atomic E-state index is 0.627. The van der Waals surface area contributed by atoms with Crippen molar-refractivity contribution < 1.29 is 9.53 Å². The van der Waals surface area contributed by atoms with E-state index < -0.39 is 0 Å². The zero-order valence-corrected chi connectivity index (χ0v) is 12.0. The number of carbonyl (C=O) groups is 1. The van der Waals surface area contributed by atoms with Crippen molar-refractivity contribution >= 4 is 17.3 Å². The molecule has 1 aromatic carbocycles. The number of nitrogens with zero attached hydrogens (tertiary/aromatic N) is 2. The number of hydrogen-bond donors (Lipinski definition) is 0. The van der Waals surface area contributed by atoms with Gasteiger partial charge in [-0.15, -0.1) is 0 Å². The van der Waals surface area contributed by atoms with Crippen LogP contribution in [0.3, 0.4) is 0 Å². The molecule has 0 saturated heterocycles. The number of carbonyl (C=O) groups excluding carboxylic acids is 1. The van der Waals surface area contributed by atoms with Crippen LogP contribution in [0.2, 0.25) is 0 Å². The van der Waals surface area contributed by atoms with Crippen LogP contribution >= 0.6 is 0 Å². The Morgan fingerprint density at radius 1 is 1.24 bits per heavy atom. The summed E-state index contributed by atoms with van der Waals surface area (Å²) in [5, 5.41) is 0. The first-order valence-corrected chi connectivity index (χ1v) is 6.75. The molecule has 2 heterocycles. The van der Waals surface area contributed by atoms with E-state index in [0.29, 0.717) is 12.1 Å². The zero-order chi connectivity index (χ0) is 14.8. The zero-order valence-electron chi connectivity index (χ0n) is 12.0. The molecule has 3 aromatic rings. The summed E-state index contributed by atoms with van der Waals surface area (Å²) in [5.41, 5.74) is 4.66. The second kappa shape index (κ2) is 5.40. The van der Waals surface area contributed by atoms with Crippen molar-refractivity contribution in [3.05, 3.63) is 59.4 Å². The lowest BCUT2D eigenvalue weighted by Crippen LogP contribution is -1.99. The number of ether oxygens (including phenoxy) is 1. The summed E-state index contributed by atoms with van der Waals surface area (Å²) in [5.74, 6) is 0.836. The molecule has 0 aliphatic heterocycles. The Kier molecular flexibility index (Phi) is 3.44. The van der Waals surface area contributed by atoms with Crippen molar-refractivity contribution in [3.8, 4) is 5.75 Å². The van der Waals surface area contributed by atoms with E-state index in [4.69, 9.17) is 4.74 Å². The molecule has 0 radical (unpaired) electrons. The van der Waals surface area contributed by atoms with E-state index in [9.17, 15) is 4.79 Å². The normalized spacial score (nSPS) is 10.8. The third-order valence-corrected chi connectivity index (χ3v) is 3.62. The highest BCUT2D eigenvalue weighted by Gasteiger charge is 2.11. The highest BCUT2D eigenvalue weighted by atomic mass is 16.5. The number of methoxy groups -OCH3 is 1. The van der Waals surface area contributed by atoms with Gasteiger partial charge in [0.25, 0.3) is 0 Å². The van der Waals surface area contributed by atoms with Gasteiger partial charge in [-0.3, -0.25) is 9.78 Å². The Bertz CT molecular complexity index is 788. The molecular formula is C17H16N2O2. The first-order chi connectivity index (χ1) is 10.2. The van der Waals surface area contributed by atoms with Gasteiger partial charge in [-0.2, -0.15) is 0 Å². The quantitative estimate of drug-likeness (QED) is 0.689. The van der Waals surface area contributed by atoms with E-state index in [-0.39, 0.29) is 0 Å². The lowest BCUT2D eigenvalue weighted by atomic mass is 10.2. The summed E-state index contributed by atoms with van der Waals surface area (Å²) in [6.07, 6.45) is 4.46. The molecule has 4 heteroatoms. The smallest absolute Gasteiger partial charge is 0.153 e. The van der Waals surface area contributed by atoms with Gasteiger partial charge in [0.05, 0.1) is 23.7 Å². The number of aromatic nitrogens is 2. The minimum Gasteiger partial charge on any atom is -0.497 e. The maximum absolute atomic E-state index is 11.2. The fraction of sp³-hybridized carbons (Fsp3) is 0.176. The fourth-order valence-electron chi connectivity index (χ4n) is 2.56. The lowest BCUT2D eigenvalue weighted by molar-refractivity contribution is 0.112. The second-order valence-corrected chi connectivity index (χ2v) is 5.00. The van der Waals surface area contributed by atoms with Crippen LogP contribution in [0.25, 0.3) is 11.0 Å². The number of fused-ring (bicyclic) bond motifs is 1. The predicted molar refractivity (Wildman–Crippen MR) is 82.0 cm³/mol. The standard InChI is InChI=1S/C17H16N2O2/c1-12-7-8-18-16-14(11-20)10-19(17(12)16)9-13-3-5-15(21-2)6-4-13/h3-8,10-11H,9H2,1-2H3. The number of aldehydes is 1. The van der Waals surface area contributed by atoms with E-state index >= 15 is 0 Å². The lowest BCUT2D eigenvalue weighted by Gasteiger charge is -2.08. The van der Waals surface area contributed by atoms with E-state index in [1.807, 2.05) is 43.5 Å². The van der Waals surface area contributed by atoms with Crippen LogP contribution in [-0.4, -0.2) is 22.9 Å². The summed E-state index contributed by atoms with van der Waals surface area (Å²) in [6.45, 7) is 2.73. The van der Waals surface area contributed by atoms with Crippen LogP contribution in [0.15, 0.2) is 42.7 Å². The van der Waals surface area contributed by atoms with Crippen molar-refractivity contribution in [3.63, 3.8) is 0 Å². The van der Waals surface area contributed by atoms with Gasteiger partial charge < -0.3 is 9.30 Å². The van der Waals surface area contributed by atoms with Crippen LogP contribution in [0, 0.1) is 6.92 Å². The van der Waals surface area contributed by atoms with Gasteiger partial charge in [0.1, 0.15) is 5.75 Å². The number of pyridine rings is 1. The van der Waals surface area contributed by atoms with Crippen molar-refractivity contribution in [2.24, 2.45) is 0 Å². The largest absolute Gasteiger partial charge is 0.497 e. The van der Waals surface area contributed by atoms with Gasteiger partial charge in [-0.25, -0.2) is 0 Å². The molecule has 0 atom stereocenters. The van der Waals surface area contributed by atoms with Crippen LogP contribution < -0.4 is 4.74 Å². The molecule has 2 aromatic heterocycles. The van der Waals surface area contributed by atoms with Crippen LogP contribution in [0.1, 0.15) is 21.5 Å². The highest BCUT2D eigenvalue weighted by molar-refractivity contribution is 5.96. The molecule has 3 rings (SSSR count). The molecule has 0 amide bonds. The van der Waals surface area contributed by atoms with Gasteiger partial charge in [-0.1, -0.05) is 12.1 Å². The number of aryl methyl sites for hydroxylation is 1. The molecule has 0 unspecified atom stereocenters. The third-order valence-electron chi connectivity index (χ3n) is 3.62. The van der Waals surface area contributed by atoms with Crippen LogP contribution in [0.5, 0.6) is 5.75 Å². The molecule has 0 N–H and O–H groups in total. The van der Waals surface area contributed by atoms with Gasteiger partial charge in [-0.05, 0) is 36.2 Å². The topological polar surface area (TPSA) is 44.1 Å². The molecule has 4 nitrogen and oxygen atoms in total. The van der Waals surface area contributed by atoms with Gasteiger partial charge in [0, 0.05) is 18.9 Å². The van der Waals surface area contributed by atoms with E-state index in [1.54, 1.807) is 13.3 Å². The van der Waals surface area contributed by atoms with Crippen molar-refractivity contribution in [1.82, 2.24) is 9.55 Å². The van der Waals surface area contributed by atoms with Gasteiger partial charge >= 0.3 is 0 Å². The average Bonchev–Trinajstić information content (AvgIpc) is 2.87. The maximum Gasteiger partial charge on any atom is 0.153 e. The Balaban J connectivity index is 2.05. The van der Waals surface area contributed by atoms with E-state index in [2.05, 4.69) is 9.55 Å². The Labute approximate surface area is 123 Å². The number of rotatable bonds is 4. The van der Waals surface area contributed by atoms with E-state index in [0.717, 1.165) is 34.2 Å². The molecule has 21 heavy (non-hydrogen) atoms. The first-order valence-electron chi connectivity index (χ1n) is 6.75. The molecule has 106 valence electrons. The average molecular weight is 280 g/mol. The van der Waals surface area contributed by atoms with Crippen molar-refractivity contribution in [1.29, 1.82) is 0 Å². The van der Waals surface area contributed by atoms with Gasteiger partial charge in [0.2, 0.25) is 0 Å². The first kappa shape index (κ1) is 13.4. The molecule has 0 fully saturated rings. The number of hydrogen-bond acceptors (Lipinski definition) is 3. The predicted octanol–water partition coefficient (Wildman–Crippen LogP) is 3.21. The summed E-state index contributed by atoms with van der Waals surface area (Å²) in [7, 11) is 1.65. The molecule has 0 bridgehead atoms. The minimum atomic E-state index is 0.627. The van der Waals surface area contributed by atoms with E-state index in [1.165, 1.54) is 0 Å². The molecule has 0 aliphatic rings. The van der Waals surface area contributed by atoms with Gasteiger partial charge in [0.15, 0.2) is 6.29 Å². The number of benzene rings is 1. The molecular weight excluding hydrogens is 264 g/mol. The second-order valence-electron chi connectivity index (χ2n) is 5.00. The Hall–Kier alpha value is -2.62. The van der Waals surface area contributed by atoms with Crippen LogP contribution in [-0.2, 0) is 6.54 Å². The Morgan fingerprint density at radius 2 is 2.00 bits per heavy atom. The maximum atomic E-state index is 11.2. The monoisotopic (exact) mass is 280 g/mol. The summed E-state index contributed by atoms with van der Waals surface area (Å²) < 4.78 is 7.24. The van der Waals surface area contributed by atoms with Crippen molar-refractivity contribution in [2.45, 2.75) is 13.5 Å². The highest BCUT2D eigenvalue weighted by Crippen LogP contribution is 2.23. The molecule has 0 aliphatic carbocycles. The summed E-state index contributed by atoms with van der Waals surface area (Å²) in [4.78, 5) is 15.5. The van der Waals surface area contributed by atoms with Crippen LogP contribution in [0.4, 0.5) is 0 Å². The molecule has 0 spiro atoms. The fourth-order valence-corrected chi connectivity index (χ4v) is 2.56.